The Morgan fingerprint density at radius 2 is 1.82 bits per heavy atom. The predicted octanol–water partition coefficient (Wildman–Crippen LogP) is -0.655. The van der Waals surface area contributed by atoms with Gasteiger partial charge in [0.2, 0.25) is 0 Å². The van der Waals surface area contributed by atoms with Gasteiger partial charge in [0.25, 0.3) is 5.91 Å². The lowest BCUT2D eigenvalue weighted by atomic mass is 9.82. The number of carbonyl (C=O) groups excluding carboxylic acids is 1. The van der Waals surface area contributed by atoms with Gasteiger partial charge in [0.1, 0.15) is 17.6 Å². The smallest absolute Gasteiger partial charge is 0.274 e. The fourth-order valence-corrected chi connectivity index (χ4v) is 4.22. The van der Waals surface area contributed by atoms with E-state index in [4.69, 9.17) is 4.74 Å². The average molecular weight is 391 g/mol. The molecule has 4 heterocycles. The highest BCUT2D eigenvalue weighted by Crippen LogP contribution is 2.36. The number of aromatic nitrogens is 2. The van der Waals surface area contributed by atoms with E-state index in [1.807, 2.05) is 4.90 Å². The van der Waals surface area contributed by atoms with E-state index in [9.17, 15) is 15.0 Å². The number of ether oxygens (including phenoxy) is 1. The maximum absolute atomic E-state index is 12.8. The zero-order chi connectivity index (χ0) is 19.7. The first-order valence-corrected chi connectivity index (χ1v) is 10.0. The molecule has 0 aliphatic carbocycles. The van der Waals surface area contributed by atoms with Gasteiger partial charge < -0.3 is 29.6 Å². The summed E-state index contributed by atoms with van der Waals surface area (Å²) < 4.78 is 5.89. The van der Waals surface area contributed by atoms with Crippen LogP contribution in [0.25, 0.3) is 0 Å². The maximum atomic E-state index is 12.8. The Kier molecular flexibility index (Phi) is 5.50. The van der Waals surface area contributed by atoms with Gasteiger partial charge in [-0.15, -0.1) is 0 Å². The molecule has 2 atom stereocenters. The molecule has 1 aromatic rings. The van der Waals surface area contributed by atoms with Crippen LogP contribution in [0.2, 0.25) is 0 Å². The largest absolute Gasteiger partial charge is 0.390 e. The number of aliphatic hydroxyl groups is 2. The number of hydrogen-bond donors (Lipinski definition) is 2. The number of piperidine rings is 1. The summed E-state index contributed by atoms with van der Waals surface area (Å²) in [6, 6.07) is 0. The van der Waals surface area contributed by atoms with E-state index >= 15 is 0 Å². The maximum Gasteiger partial charge on any atom is 0.274 e. The van der Waals surface area contributed by atoms with Crippen molar-refractivity contribution in [2.45, 2.75) is 37.1 Å². The Bertz CT molecular complexity index is 701. The van der Waals surface area contributed by atoms with E-state index in [1.54, 1.807) is 6.20 Å². The minimum atomic E-state index is -0.799. The first-order chi connectivity index (χ1) is 13.5. The number of aliphatic hydroxyl groups excluding tert-OH is 2. The molecule has 3 fully saturated rings. The van der Waals surface area contributed by atoms with Crippen LogP contribution in [0.4, 0.5) is 5.82 Å². The van der Waals surface area contributed by atoms with Crippen LogP contribution in [-0.4, -0.2) is 107 Å². The van der Waals surface area contributed by atoms with Crippen molar-refractivity contribution in [1.82, 2.24) is 19.8 Å². The molecule has 3 saturated heterocycles. The Labute approximate surface area is 164 Å². The molecule has 0 saturated carbocycles. The van der Waals surface area contributed by atoms with Crippen LogP contribution in [-0.2, 0) is 4.74 Å². The second kappa shape index (κ2) is 7.90. The Morgan fingerprint density at radius 3 is 2.50 bits per heavy atom. The molecule has 1 spiro atoms. The van der Waals surface area contributed by atoms with Crippen molar-refractivity contribution in [3.05, 3.63) is 18.1 Å². The molecule has 1 amide bonds. The molecule has 154 valence electrons. The first kappa shape index (κ1) is 19.5. The van der Waals surface area contributed by atoms with Gasteiger partial charge in [-0.1, -0.05) is 0 Å². The van der Waals surface area contributed by atoms with E-state index in [2.05, 4.69) is 26.8 Å². The lowest BCUT2D eigenvalue weighted by Gasteiger charge is -2.46. The summed E-state index contributed by atoms with van der Waals surface area (Å²) in [5.74, 6) is 0.634. The Hall–Kier alpha value is -1.81. The molecule has 0 aromatic carbocycles. The highest BCUT2D eigenvalue weighted by Gasteiger charge is 2.43. The standard InChI is InChI=1S/C19H29N5O4/c1-22-6-8-24(9-7-22)18(27)14-11-20-12-17(21-14)23-4-2-19(3-5-23)10-15(25)16(26)13-28-19/h11-12,15-16,25-26H,2-10,13H2,1H3/t15-,16+/m1/s1. The van der Waals surface area contributed by atoms with Gasteiger partial charge in [0.05, 0.1) is 30.7 Å². The van der Waals surface area contributed by atoms with Gasteiger partial charge in [0.15, 0.2) is 0 Å². The van der Waals surface area contributed by atoms with Crippen LogP contribution >= 0.6 is 0 Å². The average Bonchev–Trinajstić information content (AvgIpc) is 2.72. The highest BCUT2D eigenvalue weighted by molar-refractivity contribution is 5.92. The lowest BCUT2D eigenvalue weighted by Crippen LogP contribution is -2.54. The van der Waals surface area contributed by atoms with Gasteiger partial charge in [-0.3, -0.25) is 9.78 Å². The number of anilines is 1. The van der Waals surface area contributed by atoms with Gasteiger partial charge in [-0.2, -0.15) is 0 Å². The van der Waals surface area contributed by atoms with Crippen LogP contribution < -0.4 is 4.90 Å². The molecule has 3 aliphatic rings. The van der Waals surface area contributed by atoms with E-state index in [0.717, 1.165) is 25.9 Å². The number of carbonyl (C=O) groups is 1. The van der Waals surface area contributed by atoms with Crippen molar-refractivity contribution in [2.24, 2.45) is 0 Å². The van der Waals surface area contributed by atoms with Crippen LogP contribution in [0.3, 0.4) is 0 Å². The summed E-state index contributed by atoms with van der Waals surface area (Å²) in [5, 5.41) is 19.7. The van der Waals surface area contributed by atoms with Crippen molar-refractivity contribution in [2.75, 3.05) is 57.8 Å². The fourth-order valence-electron chi connectivity index (χ4n) is 4.22. The third-order valence-corrected chi connectivity index (χ3v) is 6.22. The third-order valence-electron chi connectivity index (χ3n) is 6.22. The van der Waals surface area contributed by atoms with Crippen LogP contribution in [0.1, 0.15) is 29.8 Å². The third kappa shape index (κ3) is 3.98. The molecule has 3 aliphatic heterocycles. The van der Waals surface area contributed by atoms with Gasteiger partial charge in [-0.25, -0.2) is 4.98 Å². The topological polar surface area (TPSA) is 102 Å². The highest BCUT2D eigenvalue weighted by atomic mass is 16.5. The molecule has 0 bridgehead atoms. The normalized spacial score (nSPS) is 28.5. The monoisotopic (exact) mass is 391 g/mol. The van der Waals surface area contributed by atoms with Crippen molar-refractivity contribution in [1.29, 1.82) is 0 Å². The quantitative estimate of drug-likeness (QED) is 0.686. The van der Waals surface area contributed by atoms with Gasteiger partial charge >= 0.3 is 0 Å². The Morgan fingerprint density at radius 1 is 1.11 bits per heavy atom. The zero-order valence-corrected chi connectivity index (χ0v) is 16.3. The first-order valence-electron chi connectivity index (χ1n) is 10.0. The Balaban J connectivity index is 1.39. The molecule has 9 heteroatoms. The summed E-state index contributed by atoms with van der Waals surface area (Å²) in [7, 11) is 2.06. The number of likely N-dealkylation sites (N-methyl/N-ethyl adjacent to an activating group) is 1. The molecular formula is C19H29N5O4. The molecule has 28 heavy (non-hydrogen) atoms. The molecule has 0 radical (unpaired) electrons. The number of amides is 1. The summed E-state index contributed by atoms with van der Waals surface area (Å²) >= 11 is 0. The number of nitrogens with zero attached hydrogens (tertiary/aromatic N) is 5. The van der Waals surface area contributed by atoms with Crippen LogP contribution in [0.15, 0.2) is 12.4 Å². The van der Waals surface area contributed by atoms with E-state index in [-0.39, 0.29) is 18.1 Å². The van der Waals surface area contributed by atoms with Crippen molar-refractivity contribution in [3.63, 3.8) is 0 Å². The predicted molar refractivity (Wildman–Crippen MR) is 102 cm³/mol. The molecule has 2 N–H and O–H groups in total. The summed E-state index contributed by atoms with van der Waals surface area (Å²) in [6.45, 7) is 4.75. The summed E-state index contributed by atoms with van der Waals surface area (Å²) in [6.07, 6.45) is 3.65. The minimum Gasteiger partial charge on any atom is -0.390 e. The van der Waals surface area contributed by atoms with E-state index < -0.39 is 12.2 Å². The summed E-state index contributed by atoms with van der Waals surface area (Å²) in [4.78, 5) is 27.7. The number of piperazine rings is 1. The fraction of sp³-hybridized carbons (Fsp3) is 0.737. The van der Waals surface area contributed by atoms with Crippen molar-refractivity contribution in [3.8, 4) is 0 Å². The minimum absolute atomic E-state index is 0.0661. The SMILES string of the molecule is CN1CCN(C(=O)c2cncc(N3CCC4(CC3)C[C@@H](O)[C@@H](O)CO4)n2)CC1. The zero-order valence-electron chi connectivity index (χ0n) is 16.3. The molecule has 0 unspecified atom stereocenters. The molecule has 4 rings (SSSR count). The molecular weight excluding hydrogens is 362 g/mol. The van der Waals surface area contributed by atoms with Crippen LogP contribution in [0, 0.1) is 0 Å². The second-order valence-electron chi connectivity index (χ2n) is 8.18. The molecule has 9 nitrogen and oxygen atoms in total. The van der Waals surface area contributed by atoms with Crippen molar-refractivity contribution >= 4 is 11.7 Å². The van der Waals surface area contributed by atoms with Crippen LogP contribution in [0.5, 0.6) is 0 Å². The number of hydrogen-bond acceptors (Lipinski definition) is 8. The van der Waals surface area contributed by atoms with E-state index in [1.165, 1.54) is 6.20 Å². The van der Waals surface area contributed by atoms with E-state index in [0.29, 0.717) is 44.1 Å². The van der Waals surface area contributed by atoms with Gasteiger partial charge in [-0.05, 0) is 19.9 Å². The number of rotatable bonds is 2. The summed E-state index contributed by atoms with van der Waals surface area (Å²) in [5.41, 5.74) is 0.00494. The second-order valence-corrected chi connectivity index (χ2v) is 8.18. The lowest BCUT2D eigenvalue weighted by molar-refractivity contribution is -0.178. The molecule has 1 aromatic heterocycles. The van der Waals surface area contributed by atoms with Crippen molar-refractivity contribution < 1.29 is 19.7 Å². The van der Waals surface area contributed by atoms with Gasteiger partial charge in [0, 0.05) is 45.7 Å².